The van der Waals surface area contributed by atoms with E-state index >= 15 is 0 Å². The van der Waals surface area contributed by atoms with E-state index in [4.69, 9.17) is 4.74 Å². The highest BCUT2D eigenvalue weighted by atomic mass is 127. The van der Waals surface area contributed by atoms with E-state index in [1.54, 1.807) is 6.07 Å². The first-order valence-corrected chi connectivity index (χ1v) is 12.1. The molecule has 0 radical (unpaired) electrons. The van der Waals surface area contributed by atoms with Gasteiger partial charge in [-0.2, -0.15) is 0 Å². The number of hydrogen-bond acceptors (Lipinski definition) is 4. The van der Waals surface area contributed by atoms with E-state index in [1.165, 1.54) is 6.26 Å². The fourth-order valence-electron chi connectivity index (χ4n) is 2.93. The molecule has 0 aromatic heterocycles. The number of rotatable bonds is 9. The molecule has 31 heavy (non-hydrogen) atoms. The van der Waals surface area contributed by atoms with Crippen LogP contribution in [0.4, 0.5) is 0 Å². The van der Waals surface area contributed by atoms with Gasteiger partial charge in [0, 0.05) is 19.3 Å². The molecule has 0 atom stereocenters. The molecule has 0 aliphatic carbocycles. The van der Waals surface area contributed by atoms with Gasteiger partial charge in [0.2, 0.25) is 0 Å². The van der Waals surface area contributed by atoms with Gasteiger partial charge in [0.15, 0.2) is 15.8 Å². The standard InChI is InChI=1S/C23H33N3O3S.HI/c1-6-24-23(25-14-19-8-7-9-21(13-19)29-16-17(2)3)26-15-20-10-11-22(18(4)12-20)30(5,27)28;/h7-13,17H,6,14-16H2,1-5H3,(H2,24,25,26);1H. The van der Waals surface area contributed by atoms with Crippen molar-refractivity contribution in [2.45, 2.75) is 45.7 Å². The summed E-state index contributed by atoms with van der Waals surface area (Å²) in [6.07, 6.45) is 1.23. The lowest BCUT2D eigenvalue weighted by Crippen LogP contribution is -2.36. The summed E-state index contributed by atoms with van der Waals surface area (Å²) in [5.41, 5.74) is 2.81. The third kappa shape index (κ3) is 9.47. The van der Waals surface area contributed by atoms with Gasteiger partial charge in [-0.15, -0.1) is 24.0 Å². The fraction of sp³-hybridized carbons (Fsp3) is 0.435. The maximum absolute atomic E-state index is 11.8. The Morgan fingerprint density at radius 2 is 1.84 bits per heavy atom. The molecule has 0 bridgehead atoms. The van der Waals surface area contributed by atoms with Crippen LogP contribution in [0.3, 0.4) is 0 Å². The van der Waals surface area contributed by atoms with Gasteiger partial charge in [0.25, 0.3) is 0 Å². The first-order valence-electron chi connectivity index (χ1n) is 10.2. The third-order valence-corrected chi connectivity index (χ3v) is 5.60. The van der Waals surface area contributed by atoms with E-state index in [9.17, 15) is 8.42 Å². The molecule has 2 aromatic rings. The van der Waals surface area contributed by atoms with Crippen molar-refractivity contribution in [2.24, 2.45) is 10.9 Å². The Labute approximate surface area is 203 Å². The molecule has 172 valence electrons. The number of nitrogens with one attached hydrogen (secondary N) is 2. The number of guanidine groups is 1. The first-order chi connectivity index (χ1) is 14.2. The van der Waals surface area contributed by atoms with Crippen LogP contribution in [0.2, 0.25) is 0 Å². The third-order valence-electron chi connectivity index (χ3n) is 4.34. The van der Waals surface area contributed by atoms with Crippen molar-refractivity contribution in [3.8, 4) is 5.75 Å². The van der Waals surface area contributed by atoms with Crippen LogP contribution >= 0.6 is 24.0 Å². The van der Waals surface area contributed by atoms with Crippen LogP contribution in [-0.2, 0) is 22.9 Å². The predicted molar refractivity (Wildman–Crippen MR) is 138 cm³/mol. The molecule has 0 aliphatic rings. The van der Waals surface area contributed by atoms with Gasteiger partial charge in [-0.3, -0.25) is 0 Å². The largest absolute Gasteiger partial charge is 0.493 e. The van der Waals surface area contributed by atoms with Gasteiger partial charge < -0.3 is 15.4 Å². The predicted octanol–water partition coefficient (Wildman–Crippen LogP) is 4.31. The molecule has 2 rings (SSSR count). The lowest BCUT2D eigenvalue weighted by Gasteiger charge is -2.13. The Balaban J connectivity index is 0.00000480. The number of ether oxygens (including phenoxy) is 1. The van der Waals surface area contributed by atoms with Gasteiger partial charge in [-0.1, -0.05) is 38.1 Å². The maximum atomic E-state index is 11.8. The Morgan fingerprint density at radius 1 is 1.10 bits per heavy atom. The molecule has 0 saturated carbocycles. The molecule has 8 heteroatoms. The van der Waals surface area contributed by atoms with Crippen LogP contribution in [0.5, 0.6) is 5.75 Å². The molecule has 2 N–H and O–H groups in total. The second kappa shape index (κ2) is 12.9. The molecule has 0 heterocycles. The highest BCUT2D eigenvalue weighted by Crippen LogP contribution is 2.17. The van der Waals surface area contributed by atoms with E-state index in [0.717, 1.165) is 29.0 Å². The topological polar surface area (TPSA) is 79.8 Å². The van der Waals surface area contributed by atoms with Crippen molar-refractivity contribution in [3.05, 3.63) is 59.2 Å². The lowest BCUT2D eigenvalue weighted by atomic mass is 10.1. The average Bonchev–Trinajstić information content (AvgIpc) is 2.68. The van der Waals surface area contributed by atoms with E-state index in [0.29, 0.717) is 36.5 Å². The number of hydrogen-bond donors (Lipinski definition) is 2. The van der Waals surface area contributed by atoms with Crippen molar-refractivity contribution < 1.29 is 13.2 Å². The number of aryl methyl sites for hydroxylation is 1. The van der Waals surface area contributed by atoms with E-state index in [1.807, 2.05) is 50.2 Å². The number of halogens is 1. The summed E-state index contributed by atoms with van der Waals surface area (Å²) in [4.78, 5) is 5.02. The highest BCUT2D eigenvalue weighted by Gasteiger charge is 2.11. The molecule has 0 saturated heterocycles. The van der Waals surface area contributed by atoms with Crippen LogP contribution in [0.25, 0.3) is 0 Å². The number of aliphatic imine (C=N–C) groups is 1. The molecule has 6 nitrogen and oxygen atoms in total. The molecule has 0 unspecified atom stereocenters. The Hall–Kier alpha value is -1.81. The van der Waals surface area contributed by atoms with Gasteiger partial charge >= 0.3 is 0 Å². The zero-order chi connectivity index (χ0) is 22.1. The maximum Gasteiger partial charge on any atom is 0.191 e. The number of nitrogens with zero attached hydrogens (tertiary/aromatic N) is 1. The van der Waals surface area contributed by atoms with Crippen LogP contribution in [0, 0.1) is 12.8 Å². The Kier molecular flexibility index (Phi) is 11.3. The minimum Gasteiger partial charge on any atom is -0.493 e. The SMILES string of the molecule is CCNC(=NCc1cccc(OCC(C)C)c1)NCc1ccc(S(C)(=O)=O)c(C)c1.I. The Bertz CT molecular complexity index is 976. The number of benzene rings is 2. The van der Waals surface area contributed by atoms with Crippen molar-refractivity contribution in [3.63, 3.8) is 0 Å². The van der Waals surface area contributed by atoms with E-state index in [2.05, 4.69) is 29.5 Å². The summed E-state index contributed by atoms with van der Waals surface area (Å²) < 4.78 is 29.4. The summed E-state index contributed by atoms with van der Waals surface area (Å²) >= 11 is 0. The van der Waals surface area contributed by atoms with E-state index < -0.39 is 9.84 Å². The molecule has 0 fully saturated rings. The zero-order valence-electron chi connectivity index (χ0n) is 18.9. The highest BCUT2D eigenvalue weighted by molar-refractivity contribution is 14.0. The molecule has 2 aromatic carbocycles. The summed E-state index contributed by atoms with van der Waals surface area (Å²) in [5, 5.41) is 6.55. The monoisotopic (exact) mass is 559 g/mol. The average molecular weight is 560 g/mol. The normalized spacial score (nSPS) is 11.7. The van der Waals surface area contributed by atoms with Crippen molar-refractivity contribution >= 4 is 39.8 Å². The molecule has 0 aliphatic heterocycles. The van der Waals surface area contributed by atoms with Crippen LogP contribution in [0.15, 0.2) is 52.4 Å². The van der Waals surface area contributed by atoms with E-state index in [-0.39, 0.29) is 24.0 Å². The minimum absolute atomic E-state index is 0. The van der Waals surface area contributed by atoms with Gasteiger partial charge in [0.05, 0.1) is 18.0 Å². The smallest absolute Gasteiger partial charge is 0.191 e. The molecule has 0 amide bonds. The van der Waals surface area contributed by atoms with Gasteiger partial charge in [0.1, 0.15) is 5.75 Å². The fourth-order valence-corrected chi connectivity index (χ4v) is 3.89. The van der Waals surface area contributed by atoms with Crippen LogP contribution < -0.4 is 15.4 Å². The van der Waals surface area contributed by atoms with Crippen molar-refractivity contribution in [1.29, 1.82) is 0 Å². The first kappa shape index (κ1) is 27.2. The summed E-state index contributed by atoms with van der Waals surface area (Å²) in [5.74, 6) is 2.04. The molecule has 0 spiro atoms. The molecular formula is C23H34IN3O3S. The molecular weight excluding hydrogens is 525 g/mol. The lowest BCUT2D eigenvalue weighted by molar-refractivity contribution is 0.271. The van der Waals surface area contributed by atoms with Crippen LogP contribution in [0.1, 0.15) is 37.5 Å². The van der Waals surface area contributed by atoms with Gasteiger partial charge in [-0.25, -0.2) is 13.4 Å². The summed E-state index contributed by atoms with van der Waals surface area (Å²) in [7, 11) is -3.21. The second-order valence-electron chi connectivity index (χ2n) is 7.77. The quantitative estimate of drug-likeness (QED) is 0.272. The summed E-state index contributed by atoms with van der Waals surface area (Å²) in [6.45, 7) is 10.6. The van der Waals surface area contributed by atoms with Crippen LogP contribution in [-0.4, -0.2) is 33.8 Å². The minimum atomic E-state index is -3.21. The second-order valence-corrected chi connectivity index (χ2v) is 9.76. The van der Waals surface area contributed by atoms with Crippen molar-refractivity contribution in [2.75, 3.05) is 19.4 Å². The van der Waals surface area contributed by atoms with Gasteiger partial charge in [-0.05, 0) is 54.7 Å². The zero-order valence-corrected chi connectivity index (χ0v) is 22.1. The Morgan fingerprint density at radius 3 is 2.45 bits per heavy atom. The number of sulfone groups is 1. The van der Waals surface area contributed by atoms with Crippen molar-refractivity contribution in [1.82, 2.24) is 10.6 Å². The summed E-state index contributed by atoms with van der Waals surface area (Å²) in [6, 6.07) is 13.4.